The molecule has 0 unspecified atom stereocenters. The lowest BCUT2D eigenvalue weighted by Crippen LogP contribution is -2.16. The van der Waals surface area contributed by atoms with Gasteiger partial charge in [0, 0.05) is 48.2 Å². The summed E-state index contributed by atoms with van der Waals surface area (Å²) in [7, 11) is 3.30. The molecule has 2 heterocycles. The molecule has 1 aliphatic carbocycles. The van der Waals surface area contributed by atoms with Crippen LogP contribution in [-0.2, 0) is 0 Å². The minimum Gasteiger partial charge on any atom is -0.493 e. The summed E-state index contributed by atoms with van der Waals surface area (Å²) >= 11 is 0. The third kappa shape index (κ3) is 5.99. The Morgan fingerprint density at radius 1 is 1.00 bits per heavy atom. The predicted molar refractivity (Wildman–Crippen MR) is 140 cm³/mol. The van der Waals surface area contributed by atoms with Crippen LogP contribution in [0.25, 0.3) is 10.9 Å². The molecule has 1 fully saturated rings. The number of hydrogen-bond donors (Lipinski definition) is 2. The van der Waals surface area contributed by atoms with Gasteiger partial charge in [-0.05, 0) is 44.2 Å². The van der Waals surface area contributed by atoms with E-state index in [1.165, 1.54) is 25.6 Å². The first-order chi connectivity index (χ1) is 19.0. The van der Waals surface area contributed by atoms with E-state index in [0.29, 0.717) is 41.3 Å². The number of fused-ring (bicyclic) bond motifs is 1. The third-order valence-electron chi connectivity index (χ3n) is 5.87. The van der Waals surface area contributed by atoms with Crippen LogP contribution in [0.5, 0.6) is 28.7 Å². The lowest BCUT2D eigenvalue weighted by Gasteiger charge is -2.15. The van der Waals surface area contributed by atoms with Crippen molar-refractivity contribution in [2.24, 2.45) is 0 Å². The Balaban J connectivity index is 1.38. The average molecular weight is 537 g/mol. The van der Waals surface area contributed by atoms with E-state index in [1.807, 2.05) is 7.05 Å². The van der Waals surface area contributed by atoms with Gasteiger partial charge in [0.1, 0.15) is 12.4 Å². The average Bonchev–Trinajstić information content (AvgIpc) is 3.75. The molecule has 11 heteroatoms. The monoisotopic (exact) mass is 536 g/mol. The number of aromatic nitrogens is 2. The Morgan fingerprint density at radius 3 is 2.51 bits per heavy atom. The number of hydrogen-bond acceptors (Lipinski definition) is 8. The van der Waals surface area contributed by atoms with Crippen LogP contribution in [0.4, 0.5) is 14.5 Å². The summed E-state index contributed by atoms with van der Waals surface area (Å²) < 4.78 is 52.7. The molecule has 2 N–H and O–H groups in total. The lowest BCUT2D eigenvalue weighted by molar-refractivity contribution is 0.101. The van der Waals surface area contributed by atoms with Crippen molar-refractivity contribution in [3.63, 3.8) is 0 Å². The number of ether oxygens (including phenoxy) is 4. The van der Waals surface area contributed by atoms with E-state index in [-0.39, 0.29) is 23.2 Å². The first-order valence-electron chi connectivity index (χ1n) is 12.3. The molecule has 5 rings (SSSR count). The Bertz CT molecular complexity index is 1490. The van der Waals surface area contributed by atoms with Crippen molar-refractivity contribution >= 4 is 22.5 Å². The molecule has 1 saturated carbocycles. The minimum absolute atomic E-state index is 0.0250. The smallest absolute Gasteiger partial charge is 0.278 e. The molecule has 0 radical (unpaired) electrons. The second-order valence-corrected chi connectivity index (χ2v) is 8.77. The van der Waals surface area contributed by atoms with Gasteiger partial charge >= 0.3 is 0 Å². The van der Waals surface area contributed by atoms with Crippen LogP contribution in [0.15, 0.2) is 54.9 Å². The minimum atomic E-state index is -1.01. The normalized spacial score (nSPS) is 12.7. The van der Waals surface area contributed by atoms with Crippen LogP contribution >= 0.6 is 0 Å². The van der Waals surface area contributed by atoms with Crippen molar-refractivity contribution in [3.05, 3.63) is 72.2 Å². The van der Waals surface area contributed by atoms with Crippen LogP contribution in [0.1, 0.15) is 23.3 Å². The molecular weight excluding hydrogens is 510 g/mol. The Labute approximate surface area is 223 Å². The number of pyridine rings is 2. The molecule has 1 amide bonds. The van der Waals surface area contributed by atoms with Crippen LogP contribution in [0, 0.1) is 11.6 Å². The second kappa shape index (κ2) is 11.5. The van der Waals surface area contributed by atoms with Crippen LogP contribution in [-0.4, -0.2) is 49.3 Å². The molecule has 0 aliphatic heterocycles. The van der Waals surface area contributed by atoms with Gasteiger partial charge in [0.25, 0.3) is 5.91 Å². The van der Waals surface area contributed by atoms with E-state index in [1.54, 1.807) is 24.3 Å². The molecule has 0 atom stereocenters. The SMILES string of the molecule is CNCCOc1cc2nccc(Oc3c(F)cc(NC(=O)c4ncccc4OC4CC4)cc3F)c2cc1OC. The molecule has 0 spiro atoms. The number of halogens is 2. The van der Waals surface area contributed by atoms with Crippen molar-refractivity contribution in [2.75, 3.05) is 32.6 Å². The number of rotatable bonds is 11. The number of carbonyl (C=O) groups is 1. The number of anilines is 1. The van der Waals surface area contributed by atoms with Gasteiger partial charge in [-0.25, -0.2) is 13.8 Å². The molecule has 4 aromatic rings. The Morgan fingerprint density at radius 2 is 1.79 bits per heavy atom. The van der Waals surface area contributed by atoms with E-state index < -0.39 is 23.3 Å². The van der Waals surface area contributed by atoms with Gasteiger partial charge in [0.15, 0.2) is 40.3 Å². The third-order valence-corrected chi connectivity index (χ3v) is 5.87. The second-order valence-electron chi connectivity index (χ2n) is 8.77. The van der Waals surface area contributed by atoms with Crippen molar-refractivity contribution in [2.45, 2.75) is 18.9 Å². The van der Waals surface area contributed by atoms with E-state index in [9.17, 15) is 4.79 Å². The molecule has 0 saturated heterocycles. The largest absolute Gasteiger partial charge is 0.493 e. The van der Waals surface area contributed by atoms with E-state index >= 15 is 8.78 Å². The lowest BCUT2D eigenvalue weighted by atomic mass is 10.1. The summed E-state index contributed by atoms with van der Waals surface area (Å²) in [6, 6.07) is 10.0. The van der Waals surface area contributed by atoms with Gasteiger partial charge in [-0.15, -0.1) is 0 Å². The van der Waals surface area contributed by atoms with Crippen molar-refractivity contribution in [1.29, 1.82) is 0 Å². The van der Waals surface area contributed by atoms with Crippen molar-refractivity contribution in [1.82, 2.24) is 15.3 Å². The highest BCUT2D eigenvalue weighted by Gasteiger charge is 2.26. The molecule has 0 bridgehead atoms. The predicted octanol–water partition coefficient (Wildman–Crippen LogP) is 5.10. The van der Waals surface area contributed by atoms with Gasteiger partial charge in [-0.1, -0.05) is 0 Å². The Kier molecular flexibility index (Phi) is 7.69. The summed E-state index contributed by atoms with van der Waals surface area (Å²) in [5.74, 6) is -1.95. The zero-order valence-corrected chi connectivity index (χ0v) is 21.3. The molecule has 39 heavy (non-hydrogen) atoms. The van der Waals surface area contributed by atoms with Gasteiger partial charge in [0.2, 0.25) is 0 Å². The maximum Gasteiger partial charge on any atom is 0.278 e. The molecule has 202 valence electrons. The van der Waals surface area contributed by atoms with Gasteiger partial charge < -0.3 is 29.6 Å². The fourth-order valence-electron chi connectivity index (χ4n) is 3.80. The number of nitrogens with one attached hydrogen (secondary N) is 2. The fraction of sp³-hybridized carbons (Fsp3) is 0.250. The van der Waals surface area contributed by atoms with Gasteiger partial charge in [-0.2, -0.15) is 0 Å². The quantitative estimate of drug-likeness (QED) is 0.255. The zero-order chi connectivity index (χ0) is 27.4. The molecule has 2 aromatic heterocycles. The maximum atomic E-state index is 15.1. The summed E-state index contributed by atoms with van der Waals surface area (Å²) in [5.41, 5.74) is 0.407. The van der Waals surface area contributed by atoms with E-state index in [2.05, 4.69) is 20.6 Å². The standard InChI is InChI=1S/C28H26F2N4O5/c1-31-10-11-37-25-15-21-18(14-24(25)36-2)22(7-9-32-21)39-27-19(29)12-16(13-20(27)30)34-28(35)26-23(4-3-8-33-26)38-17-5-6-17/h3-4,7-9,12-15,17,31H,5-6,10-11H2,1-2H3,(H,34,35). The number of amides is 1. The summed E-state index contributed by atoms with van der Waals surface area (Å²) in [5, 5.41) is 5.93. The fourth-order valence-corrected chi connectivity index (χ4v) is 3.80. The highest BCUT2D eigenvalue weighted by atomic mass is 19.1. The number of nitrogens with zero attached hydrogens (tertiary/aromatic N) is 2. The topological polar surface area (TPSA) is 104 Å². The van der Waals surface area contributed by atoms with Crippen LogP contribution in [0.2, 0.25) is 0 Å². The molecule has 1 aliphatic rings. The number of likely N-dealkylation sites (N-methyl/N-ethyl adjacent to an activating group) is 1. The highest BCUT2D eigenvalue weighted by molar-refractivity contribution is 6.04. The van der Waals surface area contributed by atoms with Gasteiger partial charge in [0.05, 0.1) is 18.7 Å². The first-order valence-corrected chi connectivity index (χ1v) is 12.3. The number of carbonyl (C=O) groups excluding carboxylic acids is 1. The van der Waals surface area contributed by atoms with E-state index in [4.69, 9.17) is 18.9 Å². The molecular formula is C28H26F2N4O5. The van der Waals surface area contributed by atoms with Crippen LogP contribution < -0.4 is 29.6 Å². The number of benzene rings is 2. The number of methoxy groups -OCH3 is 1. The summed E-state index contributed by atoms with van der Waals surface area (Å²) in [6.07, 6.45) is 4.75. The molecule has 9 nitrogen and oxygen atoms in total. The zero-order valence-electron chi connectivity index (χ0n) is 21.3. The van der Waals surface area contributed by atoms with Crippen LogP contribution in [0.3, 0.4) is 0 Å². The van der Waals surface area contributed by atoms with Crippen molar-refractivity contribution < 1.29 is 32.5 Å². The Hall–Kier alpha value is -4.51. The highest BCUT2D eigenvalue weighted by Crippen LogP contribution is 2.38. The summed E-state index contributed by atoms with van der Waals surface area (Å²) in [4.78, 5) is 21.2. The maximum absolute atomic E-state index is 15.1. The van der Waals surface area contributed by atoms with E-state index in [0.717, 1.165) is 25.0 Å². The van der Waals surface area contributed by atoms with Gasteiger partial charge in [-0.3, -0.25) is 9.78 Å². The van der Waals surface area contributed by atoms with Crippen molar-refractivity contribution in [3.8, 4) is 28.7 Å². The molecule has 2 aromatic carbocycles. The summed E-state index contributed by atoms with van der Waals surface area (Å²) in [6.45, 7) is 1.03. The first kappa shape index (κ1) is 26.1.